The van der Waals surface area contributed by atoms with Gasteiger partial charge in [0.1, 0.15) is 5.69 Å². The van der Waals surface area contributed by atoms with Crippen LogP contribution < -0.4 is 5.32 Å². The summed E-state index contributed by atoms with van der Waals surface area (Å²) in [7, 11) is 0. The quantitative estimate of drug-likeness (QED) is 0.702. The Morgan fingerprint density at radius 3 is 2.52 bits per heavy atom. The first-order valence-electron chi connectivity index (χ1n) is 7.88. The average Bonchev–Trinajstić information content (AvgIpc) is 2.90. The van der Waals surface area contributed by atoms with E-state index in [9.17, 15) is 14.4 Å². The van der Waals surface area contributed by atoms with Crippen LogP contribution in [-0.2, 0) is 14.3 Å². The highest BCUT2D eigenvalue weighted by atomic mass is 35.5. The summed E-state index contributed by atoms with van der Waals surface area (Å²) in [5, 5.41) is 2.88. The van der Waals surface area contributed by atoms with Crippen molar-refractivity contribution in [1.29, 1.82) is 0 Å². The maximum Gasteiger partial charge on any atom is 0.355 e. The summed E-state index contributed by atoms with van der Waals surface area (Å²) in [4.78, 5) is 42.8. The lowest BCUT2D eigenvalue weighted by atomic mass is 10.1. The first kappa shape index (κ1) is 20.7. The van der Waals surface area contributed by atoms with Gasteiger partial charge in [-0.2, -0.15) is 0 Å². The van der Waals surface area contributed by atoms with E-state index in [4.69, 9.17) is 32.7 Å². The molecule has 0 aromatic carbocycles. The third-order valence-electron chi connectivity index (χ3n) is 3.52. The highest BCUT2D eigenvalue weighted by Crippen LogP contribution is 2.22. The lowest BCUT2D eigenvalue weighted by molar-refractivity contribution is -0.119. The predicted molar refractivity (Wildman–Crippen MR) is 99.4 cm³/mol. The lowest BCUT2D eigenvalue weighted by Crippen LogP contribution is -2.22. The van der Waals surface area contributed by atoms with Gasteiger partial charge in [-0.25, -0.2) is 14.6 Å². The van der Waals surface area contributed by atoms with E-state index >= 15 is 0 Å². The maximum absolute atomic E-state index is 12.2. The molecule has 0 aliphatic rings. The number of hydrogen-bond donors (Lipinski definition) is 2. The number of esters is 2. The number of hydrogen-bond acceptors (Lipinski definition) is 6. The van der Waals surface area contributed by atoms with Gasteiger partial charge in [0, 0.05) is 11.9 Å². The van der Waals surface area contributed by atoms with Gasteiger partial charge in [0.15, 0.2) is 12.4 Å². The number of carbonyl (C=O) groups excluding carboxylic acids is 3. The number of aryl methyl sites for hydroxylation is 1. The summed E-state index contributed by atoms with van der Waals surface area (Å²) in [6.45, 7) is 4.56. The molecule has 0 atom stereocenters. The molecular weight excluding hydrogens is 397 g/mol. The number of aromatic nitrogens is 2. The SMILES string of the molecule is CCOC(=O)c1c(C)[nH]c(C(=O)OCC(=O)Nc2ncc(Cl)cc2Cl)c1C. The zero-order chi connectivity index (χ0) is 20.1. The van der Waals surface area contributed by atoms with E-state index in [1.165, 1.54) is 12.3 Å². The van der Waals surface area contributed by atoms with Crippen LogP contribution in [0, 0.1) is 13.8 Å². The fourth-order valence-corrected chi connectivity index (χ4v) is 2.77. The Morgan fingerprint density at radius 2 is 1.89 bits per heavy atom. The highest BCUT2D eigenvalue weighted by molar-refractivity contribution is 6.36. The Hall–Kier alpha value is -2.58. The number of pyridine rings is 1. The van der Waals surface area contributed by atoms with Crippen molar-refractivity contribution in [1.82, 2.24) is 9.97 Å². The van der Waals surface area contributed by atoms with Gasteiger partial charge in [-0.1, -0.05) is 23.2 Å². The second-order valence-corrected chi connectivity index (χ2v) is 6.30. The van der Waals surface area contributed by atoms with Crippen molar-refractivity contribution in [2.45, 2.75) is 20.8 Å². The topological polar surface area (TPSA) is 110 Å². The second kappa shape index (κ2) is 8.88. The Morgan fingerprint density at radius 1 is 1.19 bits per heavy atom. The van der Waals surface area contributed by atoms with Crippen LogP contribution in [0.1, 0.15) is 39.0 Å². The zero-order valence-electron chi connectivity index (χ0n) is 14.8. The van der Waals surface area contributed by atoms with Crippen molar-refractivity contribution in [2.24, 2.45) is 0 Å². The van der Waals surface area contributed by atoms with Gasteiger partial charge in [0.25, 0.3) is 5.91 Å². The minimum atomic E-state index is -0.781. The molecule has 2 heterocycles. The molecule has 0 spiro atoms. The van der Waals surface area contributed by atoms with E-state index in [1.807, 2.05) is 0 Å². The van der Waals surface area contributed by atoms with Crippen molar-refractivity contribution in [3.05, 3.63) is 44.8 Å². The molecule has 0 aliphatic carbocycles. The van der Waals surface area contributed by atoms with Gasteiger partial charge < -0.3 is 19.8 Å². The van der Waals surface area contributed by atoms with Crippen molar-refractivity contribution >= 4 is 46.9 Å². The summed E-state index contributed by atoms with van der Waals surface area (Å²) < 4.78 is 9.95. The maximum atomic E-state index is 12.2. The van der Waals surface area contributed by atoms with Gasteiger partial charge >= 0.3 is 11.9 Å². The number of H-pyrrole nitrogens is 1. The summed E-state index contributed by atoms with van der Waals surface area (Å²) in [5.41, 5.74) is 1.20. The van der Waals surface area contributed by atoms with E-state index < -0.39 is 24.5 Å². The van der Waals surface area contributed by atoms with Gasteiger partial charge in [0.05, 0.1) is 22.2 Å². The van der Waals surface area contributed by atoms with Crippen LogP contribution in [0.2, 0.25) is 10.0 Å². The molecule has 2 rings (SSSR count). The number of rotatable bonds is 6. The number of ether oxygens (including phenoxy) is 2. The molecule has 27 heavy (non-hydrogen) atoms. The number of carbonyl (C=O) groups is 3. The molecule has 0 fully saturated rings. The number of nitrogens with zero attached hydrogens (tertiary/aromatic N) is 1. The molecule has 0 bridgehead atoms. The van der Waals surface area contributed by atoms with Crippen molar-refractivity contribution in [3.8, 4) is 0 Å². The summed E-state index contributed by atoms with van der Waals surface area (Å²) in [5.74, 6) is -1.86. The number of anilines is 1. The van der Waals surface area contributed by atoms with Crippen molar-refractivity contribution < 1.29 is 23.9 Å². The Kier molecular flexibility index (Phi) is 6.81. The van der Waals surface area contributed by atoms with E-state index in [1.54, 1.807) is 20.8 Å². The van der Waals surface area contributed by atoms with E-state index in [2.05, 4.69) is 15.3 Å². The van der Waals surface area contributed by atoms with Gasteiger partial charge in [-0.15, -0.1) is 0 Å². The molecule has 2 aromatic heterocycles. The molecule has 1 amide bonds. The zero-order valence-corrected chi connectivity index (χ0v) is 16.3. The van der Waals surface area contributed by atoms with Crippen LogP contribution >= 0.6 is 23.2 Å². The Balaban J connectivity index is 2.02. The minimum absolute atomic E-state index is 0.0750. The van der Waals surface area contributed by atoms with Crippen molar-refractivity contribution in [3.63, 3.8) is 0 Å². The molecule has 0 aliphatic heterocycles. The molecule has 10 heteroatoms. The first-order valence-corrected chi connectivity index (χ1v) is 8.64. The normalized spacial score (nSPS) is 10.4. The Bertz CT molecular complexity index is 895. The summed E-state index contributed by atoms with van der Waals surface area (Å²) in [6, 6.07) is 1.42. The molecule has 2 N–H and O–H groups in total. The monoisotopic (exact) mass is 413 g/mol. The van der Waals surface area contributed by atoms with Crippen molar-refractivity contribution in [2.75, 3.05) is 18.5 Å². The van der Waals surface area contributed by atoms with E-state index in [-0.39, 0.29) is 28.7 Å². The molecule has 0 radical (unpaired) electrons. The molecule has 8 nitrogen and oxygen atoms in total. The number of amides is 1. The molecule has 0 unspecified atom stereocenters. The predicted octanol–water partition coefficient (Wildman–Crippen LogP) is 3.31. The molecule has 2 aromatic rings. The fraction of sp³-hybridized carbons (Fsp3) is 0.294. The number of halogens is 2. The van der Waals surface area contributed by atoms with Crippen LogP contribution in [0.5, 0.6) is 0 Å². The van der Waals surface area contributed by atoms with Crippen LogP contribution in [-0.4, -0.2) is 41.0 Å². The molecule has 0 saturated heterocycles. The van der Waals surface area contributed by atoms with Crippen LogP contribution in [0.15, 0.2) is 12.3 Å². The molecule has 144 valence electrons. The van der Waals surface area contributed by atoms with Gasteiger partial charge in [0.2, 0.25) is 0 Å². The highest BCUT2D eigenvalue weighted by Gasteiger charge is 2.24. The third kappa shape index (κ3) is 4.99. The first-order chi connectivity index (χ1) is 12.7. The van der Waals surface area contributed by atoms with Crippen LogP contribution in [0.3, 0.4) is 0 Å². The standard InChI is InChI=1S/C17H17Cl2N3O5/c1-4-26-16(24)13-8(2)14(21-9(13)3)17(25)27-7-12(23)22-15-11(19)5-10(18)6-20-15/h5-6,21H,4,7H2,1-3H3,(H,20,22,23). The number of aromatic amines is 1. The molecule has 0 saturated carbocycles. The molecular formula is C17H17Cl2N3O5. The van der Waals surface area contributed by atoms with Crippen LogP contribution in [0.25, 0.3) is 0 Å². The van der Waals surface area contributed by atoms with Gasteiger partial charge in [-0.05, 0) is 32.4 Å². The van der Waals surface area contributed by atoms with E-state index in [0.717, 1.165) is 0 Å². The average molecular weight is 414 g/mol. The van der Waals surface area contributed by atoms with E-state index in [0.29, 0.717) is 16.3 Å². The fourth-order valence-electron chi connectivity index (χ4n) is 2.34. The third-order valence-corrected chi connectivity index (χ3v) is 4.02. The van der Waals surface area contributed by atoms with Crippen LogP contribution in [0.4, 0.5) is 5.82 Å². The minimum Gasteiger partial charge on any atom is -0.462 e. The smallest absolute Gasteiger partial charge is 0.355 e. The number of nitrogens with one attached hydrogen (secondary N) is 2. The second-order valence-electron chi connectivity index (χ2n) is 5.45. The lowest BCUT2D eigenvalue weighted by Gasteiger charge is -2.07. The summed E-state index contributed by atoms with van der Waals surface area (Å²) >= 11 is 11.6. The Labute approximate surface area is 165 Å². The largest absolute Gasteiger partial charge is 0.462 e. The van der Waals surface area contributed by atoms with Gasteiger partial charge in [-0.3, -0.25) is 4.79 Å². The summed E-state index contributed by atoms with van der Waals surface area (Å²) in [6.07, 6.45) is 1.32.